The van der Waals surface area contributed by atoms with E-state index in [9.17, 15) is 0 Å². The van der Waals surface area contributed by atoms with Crippen LogP contribution in [-0.2, 0) is 0 Å². The molecule has 0 fully saturated rings. The summed E-state index contributed by atoms with van der Waals surface area (Å²) in [4.78, 5) is 0. The Bertz CT molecular complexity index is 938. The Labute approximate surface area is 137 Å². The lowest BCUT2D eigenvalue weighted by molar-refractivity contribution is 0.584. The van der Waals surface area contributed by atoms with Crippen LogP contribution in [0.3, 0.4) is 0 Å². The van der Waals surface area contributed by atoms with Crippen molar-refractivity contribution in [2.24, 2.45) is 5.73 Å². The van der Waals surface area contributed by atoms with E-state index in [2.05, 4.69) is 61.5 Å². The zero-order valence-corrected chi connectivity index (χ0v) is 13.7. The number of hydrogen-bond acceptors (Lipinski definition) is 1. The average Bonchev–Trinajstić information content (AvgIpc) is 2.59. The Kier molecular flexibility index (Phi) is 3.66. The summed E-state index contributed by atoms with van der Waals surface area (Å²) in [6.45, 7) is 2.24. The highest BCUT2D eigenvalue weighted by Crippen LogP contribution is 2.37. The van der Waals surface area contributed by atoms with Gasteiger partial charge in [0.1, 0.15) is 0 Å². The molecule has 23 heavy (non-hydrogen) atoms. The molecule has 0 spiro atoms. The Morgan fingerprint density at radius 3 is 2.17 bits per heavy atom. The van der Waals surface area contributed by atoms with Crippen molar-refractivity contribution in [1.82, 2.24) is 0 Å². The van der Waals surface area contributed by atoms with E-state index in [4.69, 9.17) is 5.73 Å². The van der Waals surface area contributed by atoms with E-state index in [1.165, 1.54) is 57.1 Å². The molecule has 0 heterocycles. The highest BCUT2D eigenvalue weighted by Gasteiger charge is 2.14. The number of unbranched alkanes of at least 4 members (excludes halogenated alkanes) is 2. The molecule has 4 aromatic rings. The third-order valence-electron chi connectivity index (χ3n) is 5.08. The molecule has 0 bridgehead atoms. The van der Waals surface area contributed by atoms with Crippen LogP contribution in [0.5, 0.6) is 0 Å². The van der Waals surface area contributed by atoms with Gasteiger partial charge in [0.2, 0.25) is 0 Å². The van der Waals surface area contributed by atoms with Crippen molar-refractivity contribution in [2.45, 2.75) is 38.6 Å². The maximum Gasteiger partial charge on any atom is 0.0301 e. The van der Waals surface area contributed by atoms with Crippen molar-refractivity contribution in [1.29, 1.82) is 0 Å². The summed E-state index contributed by atoms with van der Waals surface area (Å²) in [6, 6.07) is 20.1. The minimum Gasteiger partial charge on any atom is -0.324 e. The minimum atomic E-state index is 0.131. The van der Waals surface area contributed by atoms with E-state index in [-0.39, 0.29) is 6.04 Å². The summed E-state index contributed by atoms with van der Waals surface area (Å²) < 4.78 is 0. The van der Waals surface area contributed by atoms with Gasteiger partial charge in [0, 0.05) is 6.04 Å². The summed E-state index contributed by atoms with van der Waals surface area (Å²) in [5, 5.41) is 8.04. The molecule has 0 aromatic heterocycles. The fourth-order valence-electron chi connectivity index (χ4n) is 3.85. The zero-order chi connectivity index (χ0) is 15.8. The molecule has 1 atom stereocenters. The first-order valence-corrected chi connectivity index (χ1v) is 8.71. The van der Waals surface area contributed by atoms with Crippen molar-refractivity contribution in [3.05, 3.63) is 60.2 Å². The van der Waals surface area contributed by atoms with Gasteiger partial charge >= 0.3 is 0 Å². The summed E-state index contributed by atoms with van der Waals surface area (Å²) in [5.41, 5.74) is 7.83. The second-order valence-electron chi connectivity index (χ2n) is 6.61. The lowest BCUT2D eigenvalue weighted by Crippen LogP contribution is -2.10. The lowest BCUT2D eigenvalue weighted by atomic mass is 9.89. The van der Waals surface area contributed by atoms with Gasteiger partial charge < -0.3 is 5.73 Å². The molecular weight excluding hydrogens is 278 g/mol. The van der Waals surface area contributed by atoms with E-state index < -0.39 is 0 Å². The molecule has 0 radical (unpaired) electrons. The Hall–Kier alpha value is -2.12. The summed E-state index contributed by atoms with van der Waals surface area (Å²) in [6.07, 6.45) is 4.78. The van der Waals surface area contributed by atoms with Crippen LogP contribution in [0.1, 0.15) is 44.2 Å². The normalized spacial score (nSPS) is 13.3. The SMILES string of the molecule is CCCCC[C@H](N)c1ccc2ccc3cccc4ccc1c2c34. The predicted octanol–water partition coefficient (Wildman–Crippen LogP) is 6.16. The van der Waals surface area contributed by atoms with Gasteiger partial charge in [0.25, 0.3) is 0 Å². The van der Waals surface area contributed by atoms with Gasteiger partial charge in [0.05, 0.1) is 0 Å². The highest BCUT2D eigenvalue weighted by atomic mass is 14.6. The molecule has 4 aromatic carbocycles. The van der Waals surface area contributed by atoms with Crippen LogP contribution in [-0.4, -0.2) is 0 Å². The van der Waals surface area contributed by atoms with Crippen LogP contribution >= 0.6 is 0 Å². The van der Waals surface area contributed by atoms with Gasteiger partial charge in [-0.05, 0) is 44.3 Å². The first kappa shape index (κ1) is 14.5. The van der Waals surface area contributed by atoms with Gasteiger partial charge in [-0.25, -0.2) is 0 Å². The number of hydrogen-bond donors (Lipinski definition) is 1. The van der Waals surface area contributed by atoms with E-state index in [1.54, 1.807) is 0 Å². The molecule has 0 aliphatic heterocycles. The van der Waals surface area contributed by atoms with Gasteiger partial charge in [-0.15, -0.1) is 0 Å². The van der Waals surface area contributed by atoms with Crippen molar-refractivity contribution >= 4 is 32.3 Å². The molecule has 1 heteroatoms. The Balaban J connectivity index is 1.93. The quantitative estimate of drug-likeness (QED) is 0.346. The molecule has 4 rings (SSSR count). The predicted molar refractivity (Wildman–Crippen MR) is 101 cm³/mol. The smallest absolute Gasteiger partial charge is 0.0301 e. The third-order valence-corrected chi connectivity index (χ3v) is 5.08. The van der Waals surface area contributed by atoms with Crippen LogP contribution in [0.25, 0.3) is 32.3 Å². The molecule has 0 saturated heterocycles. The molecule has 1 nitrogen and oxygen atoms in total. The maximum absolute atomic E-state index is 6.53. The summed E-state index contributed by atoms with van der Waals surface area (Å²) >= 11 is 0. The third kappa shape index (κ3) is 2.36. The van der Waals surface area contributed by atoms with E-state index in [0.29, 0.717) is 0 Å². The monoisotopic (exact) mass is 301 g/mol. The maximum atomic E-state index is 6.53. The zero-order valence-electron chi connectivity index (χ0n) is 13.7. The molecule has 0 unspecified atom stereocenters. The van der Waals surface area contributed by atoms with E-state index in [1.807, 2.05) is 0 Å². The summed E-state index contributed by atoms with van der Waals surface area (Å²) in [5.74, 6) is 0. The van der Waals surface area contributed by atoms with Crippen molar-refractivity contribution in [3.63, 3.8) is 0 Å². The number of benzene rings is 4. The second-order valence-corrected chi connectivity index (χ2v) is 6.61. The van der Waals surface area contributed by atoms with Gasteiger partial charge in [-0.3, -0.25) is 0 Å². The van der Waals surface area contributed by atoms with Crippen LogP contribution < -0.4 is 5.73 Å². The Morgan fingerprint density at radius 1 is 0.783 bits per heavy atom. The van der Waals surface area contributed by atoms with Crippen LogP contribution in [0.4, 0.5) is 0 Å². The van der Waals surface area contributed by atoms with Crippen LogP contribution in [0, 0.1) is 0 Å². The van der Waals surface area contributed by atoms with Crippen molar-refractivity contribution in [2.75, 3.05) is 0 Å². The molecule has 0 amide bonds. The molecular formula is C22H23N. The lowest BCUT2D eigenvalue weighted by Gasteiger charge is -2.18. The minimum absolute atomic E-state index is 0.131. The molecule has 2 N–H and O–H groups in total. The van der Waals surface area contributed by atoms with Gasteiger partial charge in [0.15, 0.2) is 0 Å². The fourth-order valence-corrected chi connectivity index (χ4v) is 3.85. The first-order valence-electron chi connectivity index (χ1n) is 8.71. The Morgan fingerprint density at radius 2 is 1.43 bits per heavy atom. The standard InChI is InChI=1S/C22H23N/c1-2-3-4-8-20(23)18-13-11-17-10-9-15-6-5-7-16-12-14-19(18)22(17)21(15)16/h5-7,9-14,20H,2-4,8,23H2,1H3/t20-/m0/s1. The number of rotatable bonds is 5. The van der Waals surface area contributed by atoms with E-state index in [0.717, 1.165) is 6.42 Å². The van der Waals surface area contributed by atoms with Crippen LogP contribution in [0.2, 0.25) is 0 Å². The number of nitrogens with two attached hydrogens (primary N) is 1. The largest absolute Gasteiger partial charge is 0.324 e. The van der Waals surface area contributed by atoms with Crippen molar-refractivity contribution in [3.8, 4) is 0 Å². The molecule has 0 aliphatic rings. The molecule has 0 aliphatic carbocycles. The average molecular weight is 301 g/mol. The molecule has 0 saturated carbocycles. The van der Waals surface area contributed by atoms with Crippen LogP contribution in [0.15, 0.2) is 54.6 Å². The highest BCUT2D eigenvalue weighted by molar-refractivity contribution is 6.23. The first-order chi connectivity index (χ1) is 11.3. The van der Waals surface area contributed by atoms with Gasteiger partial charge in [-0.2, -0.15) is 0 Å². The topological polar surface area (TPSA) is 26.0 Å². The molecule has 116 valence electrons. The van der Waals surface area contributed by atoms with Crippen molar-refractivity contribution < 1.29 is 0 Å². The van der Waals surface area contributed by atoms with E-state index >= 15 is 0 Å². The fraction of sp³-hybridized carbons (Fsp3) is 0.273. The summed E-state index contributed by atoms with van der Waals surface area (Å²) in [7, 11) is 0. The van der Waals surface area contributed by atoms with Gasteiger partial charge in [-0.1, -0.05) is 80.8 Å². The second kappa shape index (κ2) is 5.82.